The van der Waals surface area contributed by atoms with E-state index >= 15 is 0 Å². The Bertz CT molecular complexity index is 621. The molecule has 0 saturated heterocycles. The minimum absolute atomic E-state index is 0.0251. The Kier molecular flexibility index (Phi) is 5.78. The molecule has 0 fully saturated rings. The summed E-state index contributed by atoms with van der Waals surface area (Å²) in [6, 6.07) is 5.02. The zero-order valence-corrected chi connectivity index (χ0v) is 14.2. The molecule has 0 aromatic heterocycles. The van der Waals surface area contributed by atoms with Crippen LogP contribution in [-0.4, -0.2) is 54.5 Å². The van der Waals surface area contributed by atoms with Crippen molar-refractivity contribution in [3.63, 3.8) is 0 Å². The molecular weight excluding hydrogens is 318 g/mol. The van der Waals surface area contributed by atoms with Crippen molar-refractivity contribution in [1.29, 1.82) is 0 Å². The predicted octanol–water partition coefficient (Wildman–Crippen LogP) is 1.09. The molecule has 2 unspecified atom stereocenters. The van der Waals surface area contributed by atoms with Gasteiger partial charge in [0, 0.05) is 28.9 Å². The van der Waals surface area contributed by atoms with E-state index in [9.17, 15) is 9.90 Å². The third kappa shape index (κ3) is 3.41. The molecule has 1 aliphatic heterocycles. The summed E-state index contributed by atoms with van der Waals surface area (Å²) in [6.07, 6.45) is 0.766. The fourth-order valence-electron chi connectivity index (χ4n) is 2.82. The number of aliphatic hydroxyl groups is 2. The van der Waals surface area contributed by atoms with Crippen molar-refractivity contribution < 1.29 is 15.0 Å². The van der Waals surface area contributed by atoms with Crippen LogP contribution >= 0.6 is 11.6 Å². The quantitative estimate of drug-likeness (QED) is 0.553. The summed E-state index contributed by atoms with van der Waals surface area (Å²) < 4.78 is 0. The van der Waals surface area contributed by atoms with E-state index in [0.29, 0.717) is 16.3 Å². The Labute approximate surface area is 140 Å². The average Bonchev–Trinajstić information content (AvgIpc) is 2.55. The molecule has 0 bridgehead atoms. The van der Waals surface area contributed by atoms with Crippen LogP contribution in [0, 0.1) is 0 Å². The zero-order chi connectivity index (χ0) is 17.1. The first-order valence-corrected chi connectivity index (χ1v) is 7.79. The third-order valence-electron chi connectivity index (χ3n) is 4.02. The second-order valence-electron chi connectivity index (χ2n) is 5.44. The molecule has 0 radical (unpaired) electrons. The maximum atomic E-state index is 12.9. The lowest BCUT2D eigenvalue weighted by atomic mass is 9.90. The Morgan fingerprint density at radius 2 is 2.22 bits per heavy atom. The van der Waals surface area contributed by atoms with E-state index in [1.54, 1.807) is 32.2 Å². The van der Waals surface area contributed by atoms with Gasteiger partial charge in [0.2, 0.25) is 0 Å². The molecule has 3 N–H and O–H groups in total. The standard InChI is InChI=1S/C16H22ClN3O3/c1-4-12-15(19(3)18-2)13-7-10(17)5-6-14(13)20(16(12)23)8-11(22)9-21/h4-7,11,15,18,21-22H,8-9H2,1-3H3/b12-4-. The lowest BCUT2D eigenvalue weighted by Crippen LogP contribution is -2.48. The Balaban J connectivity index is 2.59. The number of β-amino-alcohol motifs (C(OH)–C–C–N with tert-alkyl or cyclic N) is 1. The van der Waals surface area contributed by atoms with E-state index in [-0.39, 0.29) is 18.5 Å². The van der Waals surface area contributed by atoms with E-state index in [4.69, 9.17) is 16.7 Å². The maximum absolute atomic E-state index is 12.9. The van der Waals surface area contributed by atoms with Crippen molar-refractivity contribution in [3.8, 4) is 0 Å². The monoisotopic (exact) mass is 339 g/mol. The summed E-state index contributed by atoms with van der Waals surface area (Å²) in [5.74, 6) is -0.193. The average molecular weight is 340 g/mol. The number of carbonyl (C=O) groups is 1. The number of carbonyl (C=O) groups excluding carboxylic acids is 1. The fourth-order valence-corrected chi connectivity index (χ4v) is 3.00. The summed E-state index contributed by atoms with van der Waals surface area (Å²) in [5.41, 5.74) is 5.17. The molecule has 0 spiro atoms. The van der Waals surface area contributed by atoms with Gasteiger partial charge in [-0.2, -0.15) is 0 Å². The number of nitrogens with zero attached hydrogens (tertiary/aromatic N) is 2. The number of benzene rings is 1. The first-order valence-electron chi connectivity index (χ1n) is 7.41. The second kappa shape index (κ2) is 7.42. The highest BCUT2D eigenvalue weighted by Gasteiger charge is 2.38. The van der Waals surface area contributed by atoms with Crippen LogP contribution in [0.3, 0.4) is 0 Å². The van der Waals surface area contributed by atoms with E-state index in [2.05, 4.69) is 5.43 Å². The number of amides is 1. The number of hydrazine groups is 1. The molecule has 7 heteroatoms. The first kappa shape index (κ1) is 17.9. The summed E-state index contributed by atoms with van der Waals surface area (Å²) in [5, 5.41) is 21.3. The van der Waals surface area contributed by atoms with Gasteiger partial charge in [-0.15, -0.1) is 0 Å². The van der Waals surface area contributed by atoms with Crippen LogP contribution in [0.5, 0.6) is 0 Å². The molecule has 1 amide bonds. The number of nitrogens with one attached hydrogen (secondary N) is 1. The van der Waals surface area contributed by atoms with E-state index in [1.807, 2.05) is 18.1 Å². The molecule has 2 rings (SSSR count). The normalized spacial score (nSPS) is 21.0. The fraction of sp³-hybridized carbons (Fsp3) is 0.438. The van der Waals surface area contributed by atoms with Crippen LogP contribution in [0.4, 0.5) is 5.69 Å². The molecule has 126 valence electrons. The molecule has 1 heterocycles. The van der Waals surface area contributed by atoms with Gasteiger partial charge in [0.05, 0.1) is 25.3 Å². The van der Waals surface area contributed by atoms with Gasteiger partial charge in [-0.25, -0.2) is 5.01 Å². The van der Waals surface area contributed by atoms with Gasteiger partial charge in [0.15, 0.2) is 0 Å². The SMILES string of the molecule is C/C=C1\C(=O)N(CC(O)CO)c2ccc(Cl)cc2C1N(C)NC. The van der Waals surface area contributed by atoms with Crippen LogP contribution in [0.15, 0.2) is 29.8 Å². The van der Waals surface area contributed by atoms with Crippen molar-refractivity contribution in [1.82, 2.24) is 10.4 Å². The van der Waals surface area contributed by atoms with Gasteiger partial charge in [-0.05, 0) is 32.2 Å². The molecule has 0 aliphatic carbocycles. The number of likely N-dealkylation sites (N-methyl/N-ethyl adjacent to an activating group) is 1. The highest BCUT2D eigenvalue weighted by Crippen LogP contribution is 2.41. The lowest BCUT2D eigenvalue weighted by molar-refractivity contribution is -0.116. The smallest absolute Gasteiger partial charge is 0.255 e. The summed E-state index contributed by atoms with van der Waals surface area (Å²) in [7, 11) is 3.63. The van der Waals surface area contributed by atoms with E-state index in [0.717, 1.165) is 5.56 Å². The summed E-state index contributed by atoms with van der Waals surface area (Å²) >= 11 is 6.15. The number of fused-ring (bicyclic) bond motifs is 1. The zero-order valence-electron chi connectivity index (χ0n) is 13.5. The highest BCUT2D eigenvalue weighted by atomic mass is 35.5. The highest BCUT2D eigenvalue weighted by molar-refractivity contribution is 6.30. The first-order chi connectivity index (χ1) is 10.9. The number of allylic oxidation sites excluding steroid dienone is 1. The van der Waals surface area contributed by atoms with Crippen LogP contribution in [0.2, 0.25) is 5.02 Å². The molecule has 1 aromatic carbocycles. The largest absolute Gasteiger partial charge is 0.394 e. The van der Waals surface area contributed by atoms with Gasteiger partial charge in [-0.3, -0.25) is 10.2 Å². The van der Waals surface area contributed by atoms with E-state index < -0.39 is 12.7 Å². The minimum Gasteiger partial charge on any atom is -0.394 e. The van der Waals surface area contributed by atoms with Crippen molar-refractivity contribution in [3.05, 3.63) is 40.4 Å². The van der Waals surface area contributed by atoms with Gasteiger partial charge in [0.25, 0.3) is 5.91 Å². The third-order valence-corrected chi connectivity index (χ3v) is 4.25. The van der Waals surface area contributed by atoms with Crippen LogP contribution < -0.4 is 10.3 Å². The number of aliphatic hydroxyl groups excluding tert-OH is 2. The number of halogens is 1. The van der Waals surface area contributed by atoms with Crippen molar-refractivity contribution in [2.24, 2.45) is 0 Å². The molecule has 1 aromatic rings. The Morgan fingerprint density at radius 1 is 1.52 bits per heavy atom. The molecule has 23 heavy (non-hydrogen) atoms. The summed E-state index contributed by atoms with van der Waals surface area (Å²) in [4.78, 5) is 14.4. The van der Waals surface area contributed by atoms with Crippen molar-refractivity contribution >= 4 is 23.2 Å². The molecule has 1 aliphatic rings. The molecular formula is C16H22ClN3O3. The van der Waals surface area contributed by atoms with Crippen LogP contribution in [0.1, 0.15) is 18.5 Å². The topological polar surface area (TPSA) is 76.0 Å². The van der Waals surface area contributed by atoms with E-state index in [1.165, 1.54) is 4.90 Å². The van der Waals surface area contributed by atoms with Crippen molar-refractivity contribution in [2.45, 2.75) is 19.1 Å². The predicted molar refractivity (Wildman–Crippen MR) is 90.2 cm³/mol. The second-order valence-corrected chi connectivity index (χ2v) is 5.87. The Hall–Kier alpha value is -1.44. The van der Waals surface area contributed by atoms with Crippen molar-refractivity contribution in [2.75, 3.05) is 32.1 Å². The number of hydrogen-bond acceptors (Lipinski definition) is 5. The summed E-state index contributed by atoms with van der Waals surface area (Å²) in [6.45, 7) is 1.43. The maximum Gasteiger partial charge on any atom is 0.255 e. The van der Waals surface area contributed by atoms with Gasteiger partial charge >= 0.3 is 0 Å². The molecule has 6 nitrogen and oxygen atoms in total. The Morgan fingerprint density at radius 3 is 2.78 bits per heavy atom. The van der Waals surface area contributed by atoms with Crippen LogP contribution in [-0.2, 0) is 4.79 Å². The molecule has 0 saturated carbocycles. The van der Waals surface area contributed by atoms with Crippen LogP contribution in [0.25, 0.3) is 0 Å². The lowest BCUT2D eigenvalue weighted by Gasteiger charge is -2.40. The van der Waals surface area contributed by atoms with Gasteiger partial charge in [-0.1, -0.05) is 17.7 Å². The number of rotatable bonds is 5. The number of anilines is 1. The molecule has 2 atom stereocenters. The minimum atomic E-state index is -1.00. The number of hydrogen-bond donors (Lipinski definition) is 3. The van der Waals surface area contributed by atoms with Gasteiger partial charge in [0.1, 0.15) is 0 Å². The van der Waals surface area contributed by atoms with Gasteiger partial charge < -0.3 is 15.1 Å².